The zero-order chi connectivity index (χ0) is 12.1. The van der Waals surface area contributed by atoms with Crippen LogP contribution in [0.1, 0.15) is 32.3 Å². The van der Waals surface area contributed by atoms with Crippen LogP contribution in [0.5, 0.6) is 0 Å². The van der Waals surface area contributed by atoms with E-state index >= 15 is 0 Å². The Bertz CT molecular complexity index is 336. The summed E-state index contributed by atoms with van der Waals surface area (Å²) in [5.74, 6) is 0. The fourth-order valence-electron chi connectivity index (χ4n) is 2.76. The van der Waals surface area contributed by atoms with Gasteiger partial charge in [-0.1, -0.05) is 37.3 Å². The highest BCUT2D eigenvalue weighted by atomic mass is 15.2. The molecule has 0 amide bonds. The summed E-state index contributed by atoms with van der Waals surface area (Å²) >= 11 is 0. The zero-order valence-electron chi connectivity index (χ0n) is 11.1. The van der Waals surface area contributed by atoms with Crippen LogP contribution in [-0.2, 0) is 5.54 Å². The number of nitrogens with one attached hydrogen (secondary N) is 1. The molecule has 0 spiro atoms. The highest BCUT2D eigenvalue weighted by Crippen LogP contribution is 2.23. The molecule has 0 saturated carbocycles. The van der Waals surface area contributed by atoms with Gasteiger partial charge in [-0.25, -0.2) is 0 Å². The lowest BCUT2D eigenvalue weighted by Gasteiger charge is -2.34. The van der Waals surface area contributed by atoms with Gasteiger partial charge in [-0.15, -0.1) is 0 Å². The first kappa shape index (κ1) is 12.6. The van der Waals surface area contributed by atoms with E-state index in [1.807, 2.05) is 0 Å². The molecule has 2 rings (SSSR count). The van der Waals surface area contributed by atoms with Crippen molar-refractivity contribution in [3.63, 3.8) is 0 Å². The Morgan fingerprint density at radius 3 is 2.76 bits per heavy atom. The summed E-state index contributed by atoms with van der Waals surface area (Å²) in [4.78, 5) is 2.59. The molecule has 1 aromatic carbocycles. The molecular formula is C15H24N2. The molecule has 1 saturated heterocycles. The van der Waals surface area contributed by atoms with Crippen molar-refractivity contribution in [2.75, 3.05) is 26.2 Å². The third kappa shape index (κ3) is 3.08. The second-order valence-corrected chi connectivity index (χ2v) is 5.25. The Hall–Kier alpha value is -0.860. The van der Waals surface area contributed by atoms with Gasteiger partial charge in [-0.3, -0.25) is 0 Å². The molecule has 1 unspecified atom stereocenters. The van der Waals surface area contributed by atoms with E-state index < -0.39 is 0 Å². The molecule has 1 heterocycles. The molecule has 1 atom stereocenters. The molecule has 1 N–H and O–H groups in total. The zero-order valence-corrected chi connectivity index (χ0v) is 11.1. The third-order valence-electron chi connectivity index (χ3n) is 3.66. The van der Waals surface area contributed by atoms with Crippen molar-refractivity contribution in [1.82, 2.24) is 10.2 Å². The lowest BCUT2D eigenvalue weighted by molar-refractivity contribution is 0.221. The minimum Gasteiger partial charge on any atom is -0.307 e. The highest BCUT2D eigenvalue weighted by molar-refractivity contribution is 5.24. The fraction of sp³-hybridized carbons (Fsp3) is 0.600. The van der Waals surface area contributed by atoms with Crippen molar-refractivity contribution < 1.29 is 0 Å². The predicted molar refractivity (Wildman–Crippen MR) is 73.1 cm³/mol. The van der Waals surface area contributed by atoms with E-state index in [-0.39, 0.29) is 5.54 Å². The first-order valence-electron chi connectivity index (χ1n) is 6.77. The molecule has 0 bridgehead atoms. The van der Waals surface area contributed by atoms with Gasteiger partial charge in [0.15, 0.2) is 0 Å². The summed E-state index contributed by atoms with van der Waals surface area (Å²) in [5, 5.41) is 3.72. The van der Waals surface area contributed by atoms with Crippen LogP contribution in [0, 0.1) is 0 Å². The molecule has 1 aliphatic heterocycles. The number of hydrogen-bond acceptors (Lipinski definition) is 2. The summed E-state index contributed by atoms with van der Waals surface area (Å²) < 4.78 is 0. The van der Waals surface area contributed by atoms with Crippen molar-refractivity contribution in [1.29, 1.82) is 0 Å². The van der Waals surface area contributed by atoms with Gasteiger partial charge in [0.25, 0.3) is 0 Å². The second kappa shape index (κ2) is 5.65. The van der Waals surface area contributed by atoms with Crippen LogP contribution in [0.2, 0.25) is 0 Å². The summed E-state index contributed by atoms with van der Waals surface area (Å²) in [5.41, 5.74) is 1.51. The normalized spacial score (nSPS) is 26.7. The Kier molecular flexibility index (Phi) is 4.19. The third-order valence-corrected chi connectivity index (χ3v) is 3.66. The van der Waals surface area contributed by atoms with E-state index in [0.717, 1.165) is 13.1 Å². The highest BCUT2D eigenvalue weighted by Gasteiger charge is 2.29. The van der Waals surface area contributed by atoms with E-state index in [1.165, 1.54) is 31.5 Å². The van der Waals surface area contributed by atoms with Crippen molar-refractivity contribution in [2.45, 2.75) is 32.2 Å². The van der Waals surface area contributed by atoms with Crippen LogP contribution in [0.3, 0.4) is 0 Å². The topological polar surface area (TPSA) is 15.3 Å². The summed E-state index contributed by atoms with van der Waals surface area (Å²) in [6, 6.07) is 10.8. The van der Waals surface area contributed by atoms with E-state index in [2.05, 4.69) is 54.4 Å². The predicted octanol–water partition coefficient (Wildman–Crippen LogP) is 2.61. The lowest BCUT2D eigenvalue weighted by Crippen LogP contribution is -2.46. The average molecular weight is 232 g/mol. The molecule has 94 valence electrons. The van der Waals surface area contributed by atoms with Gasteiger partial charge in [-0.05, 0) is 45.0 Å². The van der Waals surface area contributed by atoms with Crippen molar-refractivity contribution in [3.8, 4) is 0 Å². The minimum atomic E-state index is 0.104. The number of rotatable bonds is 3. The Balaban J connectivity index is 2.16. The molecule has 1 aliphatic rings. The monoisotopic (exact) mass is 232 g/mol. The van der Waals surface area contributed by atoms with E-state index in [1.54, 1.807) is 0 Å². The minimum absolute atomic E-state index is 0.104. The lowest BCUT2D eigenvalue weighted by atomic mass is 9.91. The van der Waals surface area contributed by atoms with Gasteiger partial charge in [0.1, 0.15) is 0 Å². The SMILES string of the molecule is CCCN1CCCNC(C)(c2ccccc2)C1. The van der Waals surface area contributed by atoms with Crippen molar-refractivity contribution >= 4 is 0 Å². The van der Waals surface area contributed by atoms with Crippen LogP contribution in [0.25, 0.3) is 0 Å². The first-order chi connectivity index (χ1) is 8.24. The summed E-state index contributed by atoms with van der Waals surface area (Å²) in [7, 11) is 0. The molecule has 0 radical (unpaired) electrons. The molecular weight excluding hydrogens is 208 g/mol. The van der Waals surface area contributed by atoms with Crippen LogP contribution >= 0.6 is 0 Å². The largest absolute Gasteiger partial charge is 0.307 e. The molecule has 1 fully saturated rings. The molecule has 2 nitrogen and oxygen atoms in total. The number of nitrogens with zero attached hydrogens (tertiary/aromatic N) is 1. The van der Waals surface area contributed by atoms with Gasteiger partial charge in [-0.2, -0.15) is 0 Å². The van der Waals surface area contributed by atoms with Crippen LogP contribution in [0.15, 0.2) is 30.3 Å². The second-order valence-electron chi connectivity index (χ2n) is 5.25. The van der Waals surface area contributed by atoms with Crippen LogP contribution in [-0.4, -0.2) is 31.1 Å². The van der Waals surface area contributed by atoms with Gasteiger partial charge in [0.05, 0.1) is 5.54 Å². The van der Waals surface area contributed by atoms with E-state index in [0.29, 0.717) is 0 Å². The number of benzene rings is 1. The summed E-state index contributed by atoms with van der Waals surface area (Å²) in [6.07, 6.45) is 2.49. The molecule has 17 heavy (non-hydrogen) atoms. The Morgan fingerprint density at radius 1 is 1.29 bits per heavy atom. The first-order valence-corrected chi connectivity index (χ1v) is 6.77. The number of hydrogen-bond donors (Lipinski definition) is 1. The standard InChI is InChI=1S/C15H24N2/c1-3-11-17-12-7-10-16-15(2,13-17)14-8-5-4-6-9-14/h4-6,8-9,16H,3,7,10-13H2,1-2H3. The van der Waals surface area contributed by atoms with Gasteiger partial charge in [0.2, 0.25) is 0 Å². The maximum Gasteiger partial charge on any atom is 0.0534 e. The Labute approximate surface area is 105 Å². The van der Waals surface area contributed by atoms with Crippen LogP contribution < -0.4 is 5.32 Å². The van der Waals surface area contributed by atoms with Gasteiger partial charge in [0, 0.05) is 6.54 Å². The molecule has 0 aliphatic carbocycles. The quantitative estimate of drug-likeness (QED) is 0.862. The molecule has 0 aromatic heterocycles. The van der Waals surface area contributed by atoms with E-state index in [4.69, 9.17) is 0 Å². The fourth-order valence-corrected chi connectivity index (χ4v) is 2.76. The Morgan fingerprint density at radius 2 is 2.06 bits per heavy atom. The van der Waals surface area contributed by atoms with Gasteiger partial charge < -0.3 is 10.2 Å². The molecule has 2 heteroatoms. The maximum absolute atomic E-state index is 3.72. The molecule has 1 aromatic rings. The summed E-state index contributed by atoms with van der Waals surface area (Å²) in [6.45, 7) is 9.26. The van der Waals surface area contributed by atoms with Gasteiger partial charge >= 0.3 is 0 Å². The van der Waals surface area contributed by atoms with Crippen LogP contribution in [0.4, 0.5) is 0 Å². The van der Waals surface area contributed by atoms with Crippen molar-refractivity contribution in [2.24, 2.45) is 0 Å². The maximum atomic E-state index is 3.72. The van der Waals surface area contributed by atoms with Crippen molar-refractivity contribution in [3.05, 3.63) is 35.9 Å². The average Bonchev–Trinajstić information content (AvgIpc) is 2.54. The smallest absolute Gasteiger partial charge is 0.0534 e. The van der Waals surface area contributed by atoms with E-state index in [9.17, 15) is 0 Å².